The number of rotatable bonds is 6. The molecule has 4 heteroatoms. The SMILES string of the molecule is COCc1cc(COC)c(O)c(C(C)OC)c1. The first-order valence-corrected chi connectivity index (χ1v) is 5.49. The Morgan fingerprint density at radius 2 is 1.76 bits per heavy atom. The molecule has 1 aromatic carbocycles. The van der Waals surface area contributed by atoms with Crippen LogP contribution in [0.3, 0.4) is 0 Å². The van der Waals surface area contributed by atoms with Gasteiger partial charge in [-0.25, -0.2) is 0 Å². The van der Waals surface area contributed by atoms with E-state index in [0.29, 0.717) is 13.2 Å². The van der Waals surface area contributed by atoms with Crippen LogP contribution in [-0.2, 0) is 27.4 Å². The Labute approximate surface area is 102 Å². The van der Waals surface area contributed by atoms with Crippen molar-refractivity contribution < 1.29 is 19.3 Å². The van der Waals surface area contributed by atoms with Gasteiger partial charge in [0, 0.05) is 32.5 Å². The van der Waals surface area contributed by atoms with Crippen LogP contribution in [0.25, 0.3) is 0 Å². The van der Waals surface area contributed by atoms with Crippen molar-refractivity contribution in [2.45, 2.75) is 26.2 Å². The molecule has 1 aromatic rings. The summed E-state index contributed by atoms with van der Waals surface area (Å²) >= 11 is 0. The largest absolute Gasteiger partial charge is 0.507 e. The van der Waals surface area contributed by atoms with E-state index < -0.39 is 0 Å². The highest BCUT2D eigenvalue weighted by Crippen LogP contribution is 2.31. The van der Waals surface area contributed by atoms with Gasteiger partial charge in [0.1, 0.15) is 5.75 Å². The van der Waals surface area contributed by atoms with Crippen LogP contribution in [0.5, 0.6) is 5.75 Å². The van der Waals surface area contributed by atoms with Crippen molar-refractivity contribution in [3.8, 4) is 5.75 Å². The zero-order chi connectivity index (χ0) is 12.8. The van der Waals surface area contributed by atoms with E-state index in [4.69, 9.17) is 14.2 Å². The predicted molar refractivity (Wildman–Crippen MR) is 65.0 cm³/mol. The van der Waals surface area contributed by atoms with Gasteiger partial charge in [-0.05, 0) is 24.6 Å². The summed E-state index contributed by atoms with van der Waals surface area (Å²) in [5.41, 5.74) is 2.51. The van der Waals surface area contributed by atoms with E-state index in [1.807, 2.05) is 19.1 Å². The highest BCUT2D eigenvalue weighted by atomic mass is 16.5. The number of benzene rings is 1. The summed E-state index contributed by atoms with van der Waals surface area (Å²) in [6.07, 6.45) is -0.164. The third-order valence-electron chi connectivity index (χ3n) is 2.68. The molecule has 1 atom stereocenters. The molecule has 0 radical (unpaired) electrons. The molecule has 0 bridgehead atoms. The molecule has 0 aliphatic carbocycles. The second-order valence-corrected chi connectivity index (χ2v) is 3.94. The molecule has 4 nitrogen and oxygen atoms in total. The second-order valence-electron chi connectivity index (χ2n) is 3.94. The highest BCUT2D eigenvalue weighted by molar-refractivity contribution is 5.44. The summed E-state index contributed by atoms with van der Waals surface area (Å²) in [5.74, 6) is 0.237. The fourth-order valence-corrected chi connectivity index (χ4v) is 1.74. The van der Waals surface area contributed by atoms with Crippen molar-refractivity contribution in [3.05, 3.63) is 28.8 Å². The average Bonchev–Trinajstić information content (AvgIpc) is 2.32. The Morgan fingerprint density at radius 1 is 1.12 bits per heavy atom. The van der Waals surface area contributed by atoms with E-state index >= 15 is 0 Å². The van der Waals surface area contributed by atoms with E-state index in [0.717, 1.165) is 16.7 Å². The van der Waals surface area contributed by atoms with Crippen LogP contribution in [0.1, 0.15) is 29.7 Å². The van der Waals surface area contributed by atoms with Crippen molar-refractivity contribution in [3.63, 3.8) is 0 Å². The van der Waals surface area contributed by atoms with Crippen LogP contribution in [0.4, 0.5) is 0 Å². The maximum absolute atomic E-state index is 10.1. The zero-order valence-corrected chi connectivity index (χ0v) is 10.8. The summed E-state index contributed by atoms with van der Waals surface area (Å²) in [4.78, 5) is 0. The summed E-state index contributed by atoms with van der Waals surface area (Å²) in [6, 6.07) is 3.78. The Hall–Kier alpha value is -1.10. The maximum Gasteiger partial charge on any atom is 0.126 e. The molecule has 0 aromatic heterocycles. The van der Waals surface area contributed by atoms with Crippen LogP contribution >= 0.6 is 0 Å². The van der Waals surface area contributed by atoms with E-state index in [1.165, 1.54) is 0 Å². The maximum atomic E-state index is 10.1. The number of methoxy groups -OCH3 is 3. The smallest absolute Gasteiger partial charge is 0.126 e. The minimum Gasteiger partial charge on any atom is -0.507 e. The third kappa shape index (κ3) is 3.43. The predicted octanol–water partition coefficient (Wildman–Crippen LogP) is 2.39. The molecule has 0 saturated carbocycles. The molecule has 1 N–H and O–H groups in total. The van der Waals surface area contributed by atoms with Crippen molar-refractivity contribution in [1.29, 1.82) is 0 Å². The summed E-state index contributed by atoms with van der Waals surface area (Å²) < 4.78 is 15.4. The standard InChI is InChI=1S/C13H20O4/c1-9(17-4)12-6-10(7-15-2)5-11(8-16-3)13(12)14/h5-6,9,14H,7-8H2,1-4H3. The Kier molecular flexibility index (Phi) is 5.41. The number of ether oxygens (including phenoxy) is 3. The van der Waals surface area contributed by atoms with Crippen molar-refractivity contribution in [2.75, 3.05) is 21.3 Å². The molecule has 0 spiro atoms. The van der Waals surface area contributed by atoms with Gasteiger partial charge >= 0.3 is 0 Å². The molecular weight excluding hydrogens is 220 g/mol. The lowest BCUT2D eigenvalue weighted by atomic mass is 10.0. The highest BCUT2D eigenvalue weighted by Gasteiger charge is 2.15. The first-order valence-electron chi connectivity index (χ1n) is 5.49. The van der Waals surface area contributed by atoms with E-state index in [1.54, 1.807) is 21.3 Å². The molecular formula is C13H20O4. The number of hydrogen-bond acceptors (Lipinski definition) is 4. The van der Waals surface area contributed by atoms with Crippen LogP contribution < -0.4 is 0 Å². The number of aromatic hydroxyl groups is 1. The number of hydrogen-bond donors (Lipinski definition) is 1. The Morgan fingerprint density at radius 3 is 2.29 bits per heavy atom. The normalized spacial score (nSPS) is 12.7. The fraction of sp³-hybridized carbons (Fsp3) is 0.538. The molecule has 17 heavy (non-hydrogen) atoms. The molecule has 0 fully saturated rings. The summed E-state index contributed by atoms with van der Waals surface area (Å²) in [5, 5.41) is 10.1. The van der Waals surface area contributed by atoms with E-state index in [-0.39, 0.29) is 11.9 Å². The number of phenolic OH excluding ortho intramolecular Hbond substituents is 1. The van der Waals surface area contributed by atoms with Crippen LogP contribution in [-0.4, -0.2) is 26.4 Å². The molecule has 0 amide bonds. The monoisotopic (exact) mass is 240 g/mol. The molecule has 0 aliphatic heterocycles. The quantitative estimate of drug-likeness (QED) is 0.829. The van der Waals surface area contributed by atoms with Crippen LogP contribution in [0.15, 0.2) is 12.1 Å². The lowest BCUT2D eigenvalue weighted by Gasteiger charge is -2.16. The zero-order valence-electron chi connectivity index (χ0n) is 10.8. The molecule has 96 valence electrons. The van der Waals surface area contributed by atoms with Gasteiger partial charge in [-0.2, -0.15) is 0 Å². The van der Waals surface area contributed by atoms with Gasteiger partial charge in [0.05, 0.1) is 19.3 Å². The lowest BCUT2D eigenvalue weighted by Crippen LogP contribution is -2.02. The molecule has 0 saturated heterocycles. The van der Waals surface area contributed by atoms with Gasteiger partial charge in [-0.15, -0.1) is 0 Å². The van der Waals surface area contributed by atoms with Gasteiger partial charge in [-0.3, -0.25) is 0 Å². The Bertz CT molecular complexity index is 363. The van der Waals surface area contributed by atoms with Gasteiger partial charge in [-0.1, -0.05) is 0 Å². The van der Waals surface area contributed by atoms with Crippen molar-refractivity contribution in [2.24, 2.45) is 0 Å². The molecule has 1 rings (SSSR count). The van der Waals surface area contributed by atoms with Gasteiger partial charge in [0.15, 0.2) is 0 Å². The molecule has 0 aliphatic rings. The molecule has 0 heterocycles. The van der Waals surface area contributed by atoms with E-state index in [9.17, 15) is 5.11 Å². The van der Waals surface area contributed by atoms with Crippen molar-refractivity contribution in [1.82, 2.24) is 0 Å². The van der Waals surface area contributed by atoms with Crippen LogP contribution in [0, 0.1) is 0 Å². The minimum atomic E-state index is -0.164. The Balaban J connectivity index is 3.17. The van der Waals surface area contributed by atoms with Gasteiger partial charge in [0.2, 0.25) is 0 Å². The van der Waals surface area contributed by atoms with Crippen LogP contribution in [0.2, 0.25) is 0 Å². The first kappa shape index (κ1) is 14.0. The van der Waals surface area contributed by atoms with Crippen molar-refractivity contribution >= 4 is 0 Å². The minimum absolute atomic E-state index is 0.164. The number of phenols is 1. The summed E-state index contributed by atoms with van der Waals surface area (Å²) in [6.45, 7) is 2.76. The second kappa shape index (κ2) is 6.59. The first-order chi connectivity index (χ1) is 8.13. The topological polar surface area (TPSA) is 47.9 Å². The third-order valence-corrected chi connectivity index (χ3v) is 2.68. The fourth-order valence-electron chi connectivity index (χ4n) is 1.74. The summed E-state index contributed by atoms with van der Waals surface area (Å²) in [7, 11) is 4.85. The molecule has 1 unspecified atom stereocenters. The lowest BCUT2D eigenvalue weighted by molar-refractivity contribution is 0.116. The average molecular weight is 240 g/mol. The van der Waals surface area contributed by atoms with Gasteiger partial charge in [0.25, 0.3) is 0 Å². The van der Waals surface area contributed by atoms with Gasteiger partial charge < -0.3 is 19.3 Å². The van der Waals surface area contributed by atoms with E-state index in [2.05, 4.69) is 0 Å².